The van der Waals surface area contributed by atoms with Crippen LogP contribution in [0.2, 0.25) is 0 Å². The molecule has 0 saturated carbocycles. The number of hydrogen-bond donors (Lipinski definition) is 1. The van der Waals surface area contributed by atoms with Gasteiger partial charge in [-0.15, -0.1) is 0 Å². The fourth-order valence-corrected chi connectivity index (χ4v) is 6.38. The van der Waals surface area contributed by atoms with E-state index in [1.54, 1.807) is 47.7 Å². The fraction of sp³-hybridized carbons (Fsp3) is 0.531. The molecule has 1 aromatic heterocycles. The SMILES string of the molecule is CCCCCCCCCCCCCCOc1cccc(OP(=O)(O)Oc2cccc(Cc3[nH+]cc(C)s3)c2)c1OC. The second-order valence-electron chi connectivity index (χ2n) is 10.4. The Morgan fingerprint density at radius 1 is 0.854 bits per heavy atom. The molecule has 226 valence electrons. The zero-order valence-corrected chi connectivity index (χ0v) is 26.6. The first-order chi connectivity index (χ1) is 19.9. The average Bonchev–Trinajstić information content (AvgIpc) is 3.35. The maximum Gasteiger partial charge on any atom is 0.585 e. The number of unbranched alkanes of at least 4 members (excludes halogenated alkanes) is 11. The van der Waals surface area contributed by atoms with Crippen LogP contribution in [0.15, 0.2) is 48.7 Å². The molecule has 41 heavy (non-hydrogen) atoms. The summed E-state index contributed by atoms with van der Waals surface area (Å²) >= 11 is 1.67. The molecule has 0 amide bonds. The number of rotatable bonds is 21. The Hall–Kier alpha value is -2.54. The van der Waals surface area contributed by atoms with E-state index in [-0.39, 0.29) is 17.2 Å². The molecular weight excluding hydrogens is 557 g/mol. The van der Waals surface area contributed by atoms with Gasteiger partial charge in [0.05, 0.1) is 25.0 Å². The van der Waals surface area contributed by atoms with Crippen LogP contribution in [0.4, 0.5) is 0 Å². The van der Waals surface area contributed by atoms with Gasteiger partial charge in [-0.2, -0.15) is 0 Å². The highest BCUT2D eigenvalue weighted by molar-refractivity contribution is 7.48. The molecule has 0 saturated heterocycles. The minimum atomic E-state index is -4.50. The van der Waals surface area contributed by atoms with Gasteiger partial charge in [-0.05, 0) is 43.2 Å². The number of H-pyrrole nitrogens is 1. The van der Waals surface area contributed by atoms with Crippen LogP contribution in [0.1, 0.15) is 99.4 Å². The van der Waals surface area contributed by atoms with E-state index in [1.165, 1.54) is 76.2 Å². The van der Waals surface area contributed by atoms with E-state index in [1.807, 2.05) is 19.2 Å². The second-order valence-corrected chi connectivity index (χ2v) is 13.1. The maximum absolute atomic E-state index is 12.9. The molecule has 2 N–H and O–H groups in total. The molecule has 0 aliphatic heterocycles. The summed E-state index contributed by atoms with van der Waals surface area (Å²) < 4.78 is 35.2. The standard InChI is InChI=1S/C32H46NO6PS/c1-4-5-6-7-8-9-10-11-12-13-14-15-22-37-29-20-17-21-30(32(29)36-3)39-40(34,35)38-28-19-16-18-27(23-28)24-31-33-25-26(2)41-31/h16-21,23,25H,4-15,22,24H2,1-3H3,(H,34,35)/p+1. The summed E-state index contributed by atoms with van der Waals surface area (Å²) in [5, 5.41) is 1.09. The van der Waals surface area contributed by atoms with Gasteiger partial charge in [0.15, 0.2) is 17.7 Å². The van der Waals surface area contributed by atoms with E-state index in [0.29, 0.717) is 18.8 Å². The van der Waals surface area contributed by atoms with Crippen molar-refractivity contribution in [3.63, 3.8) is 0 Å². The minimum absolute atomic E-state index is 0.0883. The molecule has 0 radical (unpaired) electrons. The molecule has 0 fully saturated rings. The number of aromatic nitrogens is 1. The molecule has 0 bridgehead atoms. The van der Waals surface area contributed by atoms with E-state index in [2.05, 4.69) is 11.9 Å². The Kier molecular flexibility index (Phi) is 14.5. The number of phosphoric ester groups is 1. The lowest BCUT2D eigenvalue weighted by Gasteiger charge is -2.18. The number of para-hydroxylation sites is 1. The lowest BCUT2D eigenvalue weighted by molar-refractivity contribution is -0.381. The number of benzene rings is 2. The Morgan fingerprint density at radius 2 is 1.49 bits per heavy atom. The molecule has 9 heteroatoms. The highest BCUT2D eigenvalue weighted by Gasteiger charge is 2.28. The molecule has 0 spiro atoms. The Bertz CT molecular complexity index is 1220. The summed E-state index contributed by atoms with van der Waals surface area (Å²) in [5.74, 6) is 1.07. The van der Waals surface area contributed by atoms with Crippen LogP contribution in [0.3, 0.4) is 0 Å². The number of aromatic amines is 1. The molecular formula is C32H47NO6PS+. The van der Waals surface area contributed by atoms with Gasteiger partial charge < -0.3 is 18.5 Å². The van der Waals surface area contributed by atoms with Crippen molar-refractivity contribution in [1.82, 2.24) is 0 Å². The molecule has 0 aliphatic carbocycles. The molecule has 1 atom stereocenters. The number of nitrogens with one attached hydrogen (secondary N) is 1. The number of ether oxygens (including phenoxy) is 2. The smallest absolute Gasteiger partial charge is 0.490 e. The third kappa shape index (κ3) is 12.5. The van der Waals surface area contributed by atoms with Crippen LogP contribution in [0.5, 0.6) is 23.0 Å². The summed E-state index contributed by atoms with van der Waals surface area (Å²) in [6.07, 6.45) is 18.0. The number of phosphoric acid groups is 1. The predicted molar refractivity (Wildman–Crippen MR) is 166 cm³/mol. The quantitative estimate of drug-likeness (QED) is 0.0964. The van der Waals surface area contributed by atoms with Gasteiger partial charge in [0, 0.05) is 0 Å². The van der Waals surface area contributed by atoms with Crippen molar-refractivity contribution in [2.45, 2.75) is 97.3 Å². The Labute approximate surface area is 249 Å². The number of methoxy groups -OCH3 is 1. The van der Waals surface area contributed by atoms with Gasteiger partial charge in [0.25, 0.3) is 0 Å². The zero-order chi connectivity index (χ0) is 29.3. The van der Waals surface area contributed by atoms with Gasteiger partial charge in [0.1, 0.15) is 5.75 Å². The van der Waals surface area contributed by atoms with Crippen molar-refractivity contribution in [1.29, 1.82) is 0 Å². The summed E-state index contributed by atoms with van der Waals surface area (Å²) in [6.45, 7) is 4.84. The van der Waals surface area contributed by atoms with E-state index in [0.717, 1.165) is 23.4 Å². The first-order valence-electron chi connectivity index (χ1n) is 15.0. The van der Waals surface area contributed by atoms with Gasteiger partial charge in [-0.1, -0.05) is 107 Å². The minimum Gasteiger partial charge on any atom is -0.490 e. The van der Waals surface area contributed by atoms with Gasteiger partial charge >= 0.3 is 7.82 Å². The third-order valence-electron chi connectivity index (χ3n) is 6.82. The third-order valence-corrected chi connectivity index (χ3v) is 8.64. The van der Waals surface area contributed by atoms with Gasteiger partial charge in [0.2, 0.25) is 10.8 Å². The number of hydrogen-bond acceptors (Lipinski definition) is 6. The molecule has 3 aromatic rings. The van der Waals surface area contributed by atoms with Crippen LogP contribution < -0.4 is 23.5 Å². The zero-order valence-electron chi connectivity index (χ0n) is 24.9. The van der Waals surface area contributed by atoms with Crippen LogP contribution in [-0.2, 0) is 11.0 Å². The largest absolute Gasteiger partial charge is 0.585 e. The lowest BCUT2D eigenvalue weighted by Crippen LogP contribution is -2.05. The summed E-state index contributed by atoms with van der Waals surface area (Å²) in [7, 11) is -3.01. The molecule has 1 unspecified atom stereocenters. The van der Waals surface area contributed by atoms with Crippen molar-refractivity contribution in [2.24, 2.45) is 0 Å². The first-order valence-corrected chi connectivity index (χ1v) is 17.3. The maximum atomic E-state index is 12.9. The molecule has 0 aliphatic rings. The van der Waals surface area contributed by atoms with E-state index < -0.39 is 7.82 Å². The average molecular weight is 605 g/mol. The van der Waals surface area contributed by atoms with E-state index in [4.69, 9.17) is 18.5 Å². The molecule has 3 rings (SSSR count). The second kappa shape index (κ2) is 18.1. The van der Waals surface area contributed by atoms with Crippen LogP contribution >= 0.6 is 19.2 Å². The molecule has 2 aromatic carbocycles. The van der Waals surface area contributed by atoms with Crippen molar-refractivity contribution in [3.8, 4) is 23.0 Å². The van der Waals surface area contributed by atoms with Crippen molar-refractivity contribution >= 4 is 19.2 Å². The molecule has 1 heterocycles. The monoisotopic (exact) mass is 604 g/mol. The summed E-state index contributed by atoms with van der Waals surface area (Å²) in [4.78, 5) is 15.0. The van der Waals surface area contributed by atoms with Gasteiger partial charge in [-0.25, -0.2) is 9.55 Å². The Balaban J connectivity index is 1.42. The molecule has 7 nitrogen and oxygen atoms in total. The van der Waals surface area contributed by atoms with Gasteiger partial charge in [-0.3, -0.25) is 4.89 Å². The van der Waals surface area contributed by atoms with Crippen molar-refractivity contribution in [3.05, 3.63) is 64.1 Å². The fourth-order valence-electron chi connectivity index (χ4n) is 4.70. The van der Waals surface area contributed by atoms with Crippen molar-refractivity contribution < 1.29 is 33.0 Å². The first kappa shape index (κ1) is 33.0. The summed E-state index contributed by atoms with van der Waals surface area (Å²) in [6, 6.07) is 12.1. The van der Waals surface area contributed by atoms with Crippen LogP contribution in [-0.4, -0.2) is 18.6 Å². The topological polar surface area (TPSA) is 88.4 Å². The van der Waals surface area contributed by atoms with E-state index in [9.17, 15) is 9.46 Å². The van der Waals surface area contributed by atoms with Crippen molar-refractivity contribution in [2.75, 3.05) is 13.7 Å². The predicted octanol–water partition coefficient (Wildman–Crippen LogP) is 9.11. The van der Waals surface area contributed by atoms with Crippen LogP contribution in [0, 0.1) is 6.92 Å². The lowest BCUT2D eigenvalue weighted by atomic mass is 10.1. The van der Waals surface area contributed by atoms with E-state index >= 15 is 0 Å². The van der Waals surface area contributed by atoms with Crippen LogP contribution in [0.25, 0.3) is 0 Å². The number of aryl methyl sites for hydroxylation is 1. The highest BCUT2D eigenvalue weighted by atomic mass is 32.1. The summed E-state index contributed by atoms with van der Waals surface area (Å²) in [5.41, 5.74) is 0.950. The normalized spacial score (nSPS) is 12.6. The highest BCUT2D eigenvalue weighted by Crippen LogP contribution is 2.49. The number of thiazole rings is 1. The Morgan fingerprint density at radius 3 is 2.12 bits per heavy atom.